The fraction of sp³-hybridized carbons (Fsp3) is 0.533. The first-order chi connectivity index (χ1) is 9.16. The molecule has 1 unspecified atom stereocenters. The molecule has 0 aromatic heterocycles. The van der Waals surface area contributed by atoms with Crippen LogP contribution in [0.25, 0.3) is 0 Å². The number of nitrogens with zero attached hydrogens (tertiary/aromatic N) is 2. The highest BCUT2D eigenvalue weighted by molar-refractivity contribution is 5.76. The molecule has 3 rings (SSSR count). The Kier molecular flexibility index (Phi) is 3.09. The fourth-order valence-corrected chi connectivity index (χ4v) is 2.71. The zero-order chi connectivity index (χ0) is 13.3. The molecular formula is C15H19N3O. The number of carbonyl (C=O) groups is 1. The van der Waals surface area contributed by atoms with Gasteiger partial charge in [0.05, 0.1) is 6.04 Å². The maximum Gasteiger partial charge on any atom is 0.220 e. The predicted octanol–water partition coefficient (Wildman–Crippen LogP) is 3.14. The second-order valence-corrected chi connectivity index (χ2v) is 5.63. The number of aryl methyl sites for hydroxylation is 1. The number of hydrogen-bond acceptors (Lipinski definition) is 3. The van der Waals surface area contributed by atoms with Gasteiger partial charge in [-0.05, 0) is 37.3 Å². The van der Waals surface area contributed by atoms with Crippen LogP contribution in [0.4, 0.5) is 0 Å². The van der Waals surface area contributed by atoms with Crippen molar-refractivity contribution in [3.8, 4) is 0 Å². The van der Waals surface area contributed by atoms with E-state index in [0.29, 0.717) is 12.8 Å². The van der Waals surface area contributed by atoms with Crippen LogP contribution in [0.2, 0.25) is 0 Å². The average Bonchev–Trinajstić information content (AvgIpc) is 3.16. The van der Waals surface area contributed by atoms with E-state index in [9.17, 15) is 4.79 Å². The highest BCUT2D eigenvalue weighted by atomic mass is 16.1. The number of fused-ring (bicyclic) bond motifs is 1. The topological polar surface area (TPSA) is 53.8 Å². The molecule has 1 aromatic rings. The Morgan fingerprint density at radius 1 is 1.42 bits per heavy atom. The lowest BCUT2D eigenvalue weighted by Crippen LogP contribution is -2.31. The van der Waals surface area contributed by atoms with Crippen LogP contribution in [0.3, 0.4) is 0 Å². The van der Waals surface area contributed by atoms with Gasteiger partial charge in [0.1, 0.15) is 0 Å². The Hall–Kier alpha value is -1.71. The molecule has 100 valence electrons. The van der Waals surface area contributed by atoms with E-state index in [4.69, 9.17) is 0 Å². The van der Waals surface area contributed by atoms with Crippen molar-refractivity contribution >= 4 is 5.91 Å². The average molecular weight is 257 g/mol. The summed E-state index contributed by atoms with van der Waals surface area (Å²) in [5, 5.41) is 11.0. The zero-order valence-electron chi connectivity index (χ0n) is 11.2. The third-order valence-corrected chi connectivity index (χ3v) is 3.97. The summed E-state index contributed by atoms with van der Waals surface area (Å²) in [6.07, 6.45) is 4.52. The van der Waals surface area contributed by atoms with E-state index in [0.717, 1.165) is 19.3 Å². The molecule has 1 aliphatic carbocycles. The molecule has 0 saturated heterocycles. The lowest BCUT2D eigenvalue weighted by atomic mass is 9.87. The third-order valence-electron chi connectivity index (χ3n) is 3.97. The second-order valence-electron chi connectivity index (χ2n) is 5.63. The summed E-state index contributed by atoms with van der Waals surface area (Å²) in [6.45, 7) is 1.95. The highest BCUT2D eigenvalue weighted by Gasteiger charge is 2.34. The Morgan fingerprint density at radius 2 is 2.21 bits per heavy atom. The first-order valence-electron chi connectivity index (χ1n) is 6.97. The van der Waals surface area contributed by atoms with Crippen molar-refractivity contribution in [1.82, 2.24) is 5.32 Å². The molecule has 0 radical (unpaired) electrons. The van der Waals surface area contributed by atoms with Crippen LogP contribution >= 0.6 is 0 Å². The summed E-state index contributed by atoms with van der Waals surface area (Å²) in [6, 6.07) is 8.59. The summed E-state index contributed by atoms with van der Waals surface area (Å²) < 4.78 is 0. The zero-order valence-corrected chi connectivity index (χ0v) is 11.2. The first kappa shape index (κ1) is 12.3. The second kappa shape index (κ2) is 4.76. The number of nitrogens with one attached hydrogen (secondary N) is 1. The molecule has 0 spiro atoms. The van der Waals surface area contributed by atoms with Crippen molar-refractivity contribution in [2.75, 3.05) is 0 Å². The van der Waals surface area contributed by atoms with Gasteiger partial charge >= 0.3 is 0 Å². The van der Waals surface area contributed by atoms with Gasteiger partial charge < -0.3 is 5.32 Å². The molecule has 19 heavy (non-hydrogen) atoms. The molecule has 4 nitrogen and oxygen atoms in total. The van der Waals surface area contributed by atoms with Crippen molar-refractivity contribution < 1.29 is 4.79 Å². The van der Waals surface area contributed by atoms with Gasteiger partial charge in [-0.25, -0.2) is 0 Å². The van der Waals surface area contributed by atoms with Crippen molar-refractivity contribution in [2.45, 2.75) is 50.7 Å². The SMILES string of the molecule is CC1(CCC(=O)NC2CCCc3ccccc32)N=N1. The minimum Gasteiger partial charge on any atom is -0.349 e. The van der Waals surface area contributed by atoms with Crippen LogP contribution in [0.5, 0.6) is 0 Å². The molecule has 1 N–H and O–H groups in total. The minimum absolute atomic E-state index is 0.111. The standard InChI is InChI=1S/C15H19N3O/c1-15(17-18-15)10-9-14(19)16-13-8-4-6-11-5-2-3-7-12(11)13/h2-3,5,7,13H,4,6,8-10H2,1H3,(H,16,19). The smallest absolute Gasteiger partial charge is 0.220 e. The quantitative estimate of drug-likeness (QED) is 0.885. The molecule has 1 atom stereocenters. The number of rotatable bonds is 4. The molecule has 0 saturated carbocycles. The van der Waals surface area contributed by atoms with Crippen molar-refractivity contribution in [1.29, 1.82) is 0 Å². The largest absolute Gasteiger partial charge is 0.349 e. The van der Waals surface area contributed by atoms with Crippen LogP contribution in [-0.2, 0) is 11.2 Å². The van der Waals surface area contributed by atoms with E-state index >= 15 is 0 Å². The summed E-state index contributed by atoms with van der Waals surface area (Å²) in [5.41, 5.74) is 2.38. The monoisotopic (exact) mass is 257 g/mol. The Morgan fingerprint density at radius 3 is 3.00 bits per heavy atom. The molecule has 0 fully saturated rings. The highest BCUT2D eigenvalue weighted by Crippen LogP contribution is 2.33. The molecule has 0 bridgehead atoms. The van der Waals surface area contributed by atoms with Crippen molar-refractivity contribution in [2.24, 2.45) is 10.2 Å². The van der Waals surface area contributed by atoms with Crippen LogP contribution in [-0.4, -0.2) is 11.6 Å². The Bertz CT molecular complexity index is 518. The molecule has 1 aliphatic heterocycles. The molecule has 4 heteroatoms. The number of amides is 1. The summed E-state index contributed by atoms with van der Waals surface area (Å²) in [5.74, 6) is 0.111. The Labute approximate surface area is 113 Å². The van der Waals surface area contributed by atoms with E-state index in [1.165, 1.54) is 11.1 Å². The number of carbonyl (C=O) groups excluding carboxylic acids is 1. The van der Waals surface area contributed by atoms with Gasteiger partial charge in [-0.2, -0.15) is 10.2 Å². The predicted molar refractivity (Wildman–Crippen MR) is 72.8 cm³/mol. The van der Waals surface area contributed by atoms with Gasteiger partial charge in [0, 0.05) is 12.8 Å². The lowest BCUT2D eigenvalue weighted by molar-refractivity contribution is -0.122. The van der Waals surface area contributed by atoms with Crippen LogP contribution in [0.1, 0.15) is 49.8 Å². The lowest BCUT2D eigenvalue weighted by Gasteiger charge is -2.26. The van der Waals surface area contributed by atoms with E-state index in [1.54, 1.807) is 0 Å². The number of hydrogen-bond donors (Lipinski definition) is 1. The fourth-order valence-electron chi connectivity index (χ4n) is 2.71. The molecule has 1 amide bonds. The van der Waals surface area contributed by atoms with Crippen LogP contribution in [0.15, 0.2) is 34.5 Å². The minimum atomic E-state index is -0.276. The van der Waals surface area contributed by atoms with Crippen molar-refractivity contribution in [3.63, 3.8) is 0 Å². The van der Waals surface area contributed by atoms with Gasteiger partial charge in [-0.3, -0.25) is 4.79 Å². The third kappa shape index (κ3) is 2.83. The maximum atomic E-state index is 12.0. The van der Waals surface area contributed by atoms with Gasteiger partial charge in [0.2, 0.25) is 5.91 Å². The van der Waals surface area contributed by atoms with Gasteiger partial charge in [0.25, 0.3) is 0 Å². The van der Waals surface area contributed by atoms with E-state index in [1.807, 2.05) is 13.0 Å². The van der Waals surface area contributed by atoms with Crippen LogP contribution < -0.4 is 5.32 Å². The van der Waals surface area contributed by atoms with Crippen molar-refractivity contribution in [3.05, 3.63) is 35.4 Å². The number of benzene rings is 1. The summed E-state index contributed by atoms with van der Waals surface area (Å²) in [7, 11) is 0. The summed E-state index contributed by atoms with van der Waals surface area (Å²) >= 11 is 0. The summed E-state index contributed by atoms with van der Waals surface area (Å²) in [4.78, 5) is 12.0. The van der Waals surface area contributed by atoms with E-state index < -0.39 is 0 Å². The van der Waals surface area contributed by atoms with Gasteiger partial charge in [0.15, 0.2) is 5.66 Å². The van der Waals surface area contributed by atoms with Gasteiger partial charge in [-0.15, -0.1) is 0 Å². The molecular weight excluding hydrogens is 238 g/mol. The normalized spacial score (nSPS) is 22.7. The molecule has 1 aromatic carbocycles. The van der Waals surface area contributed by atoms with E-state index in [2.05, 4.69) is 33.7 Å². The Balaban J connectivity index is 1.59. The maximum absolute atomic E-state index is 12.0. The first-order valence-corrected chi connectivity index (χ1v) is 6.97. The molecule has 2 aliphatic rings. The van der Waals surface area contributed by atoms with Crippen LogP contribution in [0, 0.1) is 0 Å². The molecule has 1 heterocycles. The van der Waals surface area contributed by atoms with Gasteiger partial charge in [-0.1, -0.05) is 24.3 Å². The van der Waals surface area contributed by atoms with E-state index in [-0.39, 0.29) is 17.6 Å².